The minimum Gasteiger partial charge on any atom is -0.435 e. The van der Waals surface area contributed by atoms with Gasteiger partial charge in [-0.25, -0.2) is 18.3 Å². The van der Waals surface area contributed by atoms with Crippen LogP contribution in [0.1, 0.15) is 11.7 Å². The van der Waals surface area contributed by atoms with E-state index in [-0.39, 0.29) is 16.0 Å². The van der Waals surface area contributed by atoms with Gasteiger partial charge in [0.15, 0.2) is 16.5 Å². The number of nitrogens with one attached hydrogen (secondary N) is 1. The summed E-state index contributed by atoms with van der Waals surface area (Å²) < 4.78 is 32.4. The molecule has 112 valence electrons. The summed E-state index contributed by atoms with van der Waals surface area (Å²) in [7, 11) is 1.54. The first kappa shape index (κ1) is 15.4. The first-order chi connectivity index (χ1) is 9.99. The molecule has 1 heterocycles. The molecule has 1 unspecified atom stereocenters. The second kappa shape index (κ2) is 6.61. The molecule has 1 amide bonds. The summed E-state index contributed by atoms with van der Waals surface area (Å²) in [4.78, 5) is 11.7. The zero-order valence-corrected chi connectivity index (χ0v) is 12.4. The van der Waals surface area contributed by atoms with E-state index in [0.29, 0.717) is 0 Å². The Bertz CT molecular complexity index is 601. The third-order valence-electron chi connectivity index (χ3n) is 2.60. The summed E-state index contributed by atoms with van der Waals surface area (Å²) in [5, 5.41) is 9.61. The lowest BCUT2D eigenvalue weighted by Crippen LogP contribution is -2.23. The van der Waals surface area contributed by atoms with E-state index in [1.807, 2.05) is 0 Å². The molecule has 2 aromatic rings. The van der Waals surface area contributed by atoms with E-state index in [4.69, 9.17) is 4.74 Å². The van der Waals surface area contributed by atoms with Gasteiger partial charge in [-0.05, 0) is 21.5 Å². The van der Waals surface area contributed by atoms with Crippen molar-refractivity contribution in [2.75, 3.05) is 5.32 Å². The zero-order valence-electron chi connectivity index (χ0n) is 10.8. The fourth-order valence-corrected chi connectivity index (χ4v) is 2.04. The van der Waals surface area contributed by atoms with Crippen molar-refractivity contribution in [3.05, 3.63) is 40.5 Å². The number of ether oxygens (including phenoxy) is 1. The monoisotopic (exact) mass is 360 g/mol. The van der Waals surface area contributed by atoms with Gasteiger partial charge in [0.25, 0.3) is 6.43 Å². The fourth-order valence-electron chi connectivity index (χ4n) is 1.61. The van der Waals surface area contributed by atoms with E-state index in [0.717, 1.165) is 0 Å². The molecule has 0 bridgehead atoms. The van der Waals surface area contributed by atoms with Crippen LogP contribution in [0.15, 0.2) is 34.9 Å². The Morgan fingerprint density at radius 2 is 2.05 bits per heavy atom. The summed E-state index contributed by atoms with van der Waals surface area (Å²) in [6.07, 6.45) is -5.51. The maximum atomic E-state index is 13.0. The fraction of sp³-hybridized carbons (Fsp3) is 0.250. The quantitative estimate of drug-likeness (QED) is 0.909. The number of nitrogens with zero attached hydrogens (tertiary/aromatic N) is 3. The SMILES string of the molecule is Cn1nnc(Br)c1NC(=O)OC(c1ccccc1)C(F)F. The molecule has 1 aromatic carbocycles. The zero-order chi connectivity index (χ0) is 15.4. The van der Waals surface area contributed by atoms with Crippen molar-refractivity contribution >= 4 is 27.8 Å². The van der Waals surface area contributed by atoms with Crippen LogP contribution in [-0.2, 0) is 11.8 Å². The van der Waals surface area contributed by atoms with E-state index in [2.05, 4.69) is 31.6 Å². The van der Waals surface area contributed by atoms with Crippen molar-refractivity contribution in [1.29, 1.82) is 0 Å². The summed E-state index contributed by atoms with van der Waals surface area (Å²) >= 11 is 3.07. The molecule has 0 saturated heterocycles. The predicted octanol–water partition coefficient (Wildman–Crippen LogP) is 3.13. The molecule has 0 saturated carbocycles. The molecule has 1 aromatic heterocycles. The number of aromatic nitrogens is 3. The molecule has 9 heteroatoms. The third-order valence-corrected chi connectivity index (χ3v) is 3.13. The Kier molecular flexibility index (Phi) is 4.84. The van der Waals surface area contributed by atoms with Gasteiger partial charge in [-0.15, -0.1) is 5.10 Å². The van der Waals surface area contributed by atoms with Gasteiger partial charge in [0, 0.05) is 7.05 Å². The van der Waals surface area contributed by atoms with Crippen LogP contribution in [0.3, 0.4) is 0 Å². The van der Waals surface area contributed by atoms with Gasteiger partial charge in [0.1, 0.15) is 0 Å². The molecule has 0 spiro atoms. The Morgan fingerprint density at radius 1 is 1.38 bits per heavy atom. The van der Waals surface area contributed by atoms with Crippen LogP contribution < -0.4 is 5.32 Å². The van der Waals surface area contributed by atoms with Crippen LogP contribution in [0.5, 0.6) is 0 Å². The molecule has 0 aliphatic carbocycles. The summed E-state index contributed by atoms with van der Waals surface area (Å²) in [6, 6.07) is 7.79. The topological polar surface area (TPSA) is 69.0 Å². The molecular formula is C12H11BrF2N4O2. The Labute approximate surface area is 127 Å². The lowest BCUT2D eigenvalue weighted by molar-refractivity contribution is -0.0143. The number of benzene rings is 1. The summed E-state index contributed by atoms with van der Waals surface area (Å²) in [6.45, 7) is 0. The predicted molar refractivity (Wildman–Crippen MR) is 74.0 cm³/mol. The van der Waals surface area contributed by atoms with Crippen LogP contribution in [0.25, 0.3) is 0 Å². The van der Waals surface area contributed by atoms with Gasteiger partial charge < -0.3 is 4.74 Å². The van der Waals surface area contributed by atoms with E-state index in [1.54, 1.807) is 18.2 Å². The van der Waals surface area contributed by atoms with Crippen LogP contribution in [-0.4, -0.2) is 27.5 Å². The van der Waals surface area contributed by atoms with E-state index in [1.165, 1.54) is 23.9 Å². The molecule has 0 radical (unpaired) electrons. The number of rotatable bonds is 4. The molecule has 21 heavy (non-hydrogen) atoms. The first-order valence-electron chi connectivity index (χ1n) is 5.85. The Morgan fingerprint density at radius 3 is 2.57 bits per heavy atom. The number of carbonyl (C=O) groups excluding carboxylic acids is 1. The highest BCUT2D eigenvalue weighted by Crippen LogP contribution is 2.26. The maximum absolute atomic E-state index is 13.0. The van der Waals surface area contributed by atoms with Crippen molar-refractivity contribution in [3.63, 3.8) is 0 Å². The Hall–Kier alpha value is -2.03. The standard InChI is InChI=1S/C12H11BrF2N4O2/c1-19-11(9(13)17-18-19)16-12(20)21-8(10(14)15)7-5-3-2-4-6-7/h2-6,8,10H,1H3,(H,16,20). The van der Waals surface area contributed by atoms with Gasteiger partial charge in [0.2, 0.25) is 0 Å². The molecular weight excluding hydrogens is 350 g/mol. The van der Waals surface area contributed by atoms with Gasteiger partial charge in [-0.1, -0.05) is 35.5 Å². The summed E-state index contributed by atoms with van der Waals surface area (Å²) in [5.41, 5.74) is 0.213. The molecule has 1 N–H and O–H groups in total. The second-order valence-electron chi connectivity index (χ2n) is 4.05. The number of aryl methyl sites for hydroxylation is 1. The molecule has 0 fully saturated rings. The van der Waals surface area contributed by atoms with E-state index in [9.17, 15) is 13.6 Å². The molecule has 1 atom stereocenters. The third kappa shape index (κ3) is 3.75. The van der Waals surface area contributed by atoms with Crippen LogP contribution in [0, 0.1) is 0 Å². The number of alkyl halides is 2. The highest BCUT2D eigenvalue weighted by Gasteiger charge is 2.27. The van der Waals surface area contributed by atoms with Crippen molar-refractivity contribution in [2.45, 2.75) is 12.5 Å². The van der Waals surface area contributed by atoms with Crippen LogP contribution in [0.2, 0.25) is 0 Å². The maximum Gasteiger partial charge on any atom is 0.413 e. The largest absolute Gasteiger partial charge is 0.435 e. The second-order valence-corrected chi connectivity index (χ2v) is 4.80. The highest BCUT2D eigenvalue weighted by atomic mass is 79.9. The van der Waals surface area contributed by atoms with Gasteiger partial charge in [-0.2, -0.15) is 0 Å². The van der Waals surface area contributed by atoms with E-state index >= 15 is 0 Å². The molecule has 0 aliphatic heterocycles. The lowest BCUT2D eigenvalue weighted by atomic mass is 10.1. The number of anilines is 1. The number of carbonyl (C=O) groups is 1. The number of hydrogen-bond acceptors (Lipinski definition) is 4. The number of halogens is 3. The van der Waals surface area contributed by atoms with Crippen LogP contribution >= 0.6 is 15.9 Å². The van der Waals surface area contributed by atoms with Crippen molar-refractivity contribution < 1.29 is 18.3 Å². The molecule has 6 nitrogen and oxygen atoms in total. The van der Waals surface area contributed by atoms with Gasteiger partial charge in [0.05, 0.1) is 0 Å². The van der Waals surface area contributed by atoms with Crippen molar-refractivity contribution in [3.8, 4) is 0 Å². The van der Waals surface area contributed by atoms with E-state index < -0.39 is 18.6 Å². The van der Waals surface area contributed by atoms with Gasteiger partial charge in [-0.3, -0.25) is 5.32 Å². The minimum atomic E-state index is -2.84. The van der Waals surface area contributed by atoms with Crippen LogP contribution in [0.4, 0.5) is 19.4 Å². The molecule has 2 rings (SSSR count). The highest BCUT2D eigenvalue weighted by molar-refractivity contribution is 9.10. The Balaban J connectivity index is 2.09. The first-order valence-corrected chi connectivity index (χ1v) is 6.64. The number of hydrogen-bond donors (Lipinski definition) is 1. The lowest BCUT2D eigenvalue weighted by Gasteiger charge is -2.17. The summed E-state index contributed by atoms with van der Waals surface area (Å²) in [5.74, 6) is 0.209. The normalized spacial score (nSPS) is 12.2. The molecule has 0 aliphatic rings. The average Bonchev–Trinajstić information content (AvgIpc) is 2.77. The van der Waals surface area contributed by atoms with Gasteiger partial charge >= 0.3 is 6.09 Å². The number of amides is 1. The van der Waals surface area contributed by atoms with Crippen molar-refractivity contribution in [2.24, 2.45) is 7.05 Å². The minimum absolute atomic E-state index is 0.209. The van der Waals surface area contributed by atoms with Crippen molar-refractivity contribution in [1.82, 2.24) is 15.0 Å². The average molecular weight is 361 g/mol. The smallest absolute Gasteiger partial charge is 0.413 e.